The van der Waals surface area contributed by atoms with Crippen molar-refractivity contribution in [2.24, 2.45) is 4.99 Å². The summed E-state index contributed by atoms with van der Waals surface area (Å²) in [6.45, 7) is 7.91. The Kier molecular flexibility index (Phi) is 9.94. The van der Waals surface area contributed by atoms with Crippen molar-refractivity contribution in [2.45, 2.75) is 72.0 Å². The molecule has 0 unspecified atom stereocenters. The van der Waals surface area contributed by atoms with Gasteiger partial charge in [0.05, 0.1) is 18.8 Å². The zero-order valence-corrected chi connectivity index (χ0v) is 21.0. The maximum Gasteiger partial charge on any atom is 0.214 e. The SMILES string of the molecule is CCNC(=NCc1ccc(N(C)C2CCCCC2)cc1)NCc1nc(C)c(C)o1.I. The third-order valence-electron chi connectivity index (χ3n) is 5.71. The van der Waals surface area contributed by atoms with Crippen molar-refractivity contribution in [3.05, 3.63) is 47.2 Å². The van der Waals surface area contributed by atoms with Crippen LogP contribution in [0.2, 0.25) is 0 Å². The summed E-state index contributed by atoms with van der Waals surface area (Å²) in [6, 6.07) is 9.49. The Bertz CT molecular complexity index is 777. The van der Waals surface area contributed by atoms with Gasteiger partial charge < -0.3 is 20.0 Å². The monoisotopic (exact) mass is 525 g/mol. The van der Waals surface area contributed by atoms with Gasteiger partial charge in [-0.25, -0.2) is 9.98 Å². The number of rotatable bonds is 7. The molecule has 0 spiro atoms. The van der Waals surface area contributed by atoms with Gasteiger partial charge in [-0.15, -0.1) is 24.0 Å². The van der Waals surface area contributed by atoms with Crippen LogP contribution >= 0.6 is 24.0 Å². The highest BCUT2D eigenvalue weighted by Crippen LogP contribution is 2.26. The normalized spacial score (nSPS) is 14.9. The zero-order chi connectivity index (χ0) is 20.6. The topological polar surface area (TPSA) is 65.7 Å². The molecule has 1 saturated carbocycles. The third kappa shape index (κ3) is 6.89. The van der Waals surface area contributed by atoms with Crippen molar-refractivity contribution >= 4 is 35.6 Å². The largest absolute Gasteiger partial charge is 0.444 e. The molecule has 6 nitrogen and oxygen atoms in total. The van der Waals surface area contributed by atoms with Gasteiger partial charge >= 0.3 is 0 Å². The fraction of sp³-hybridized carbons (Fsp3) is 0.565. The fourth-order valence-electron chi connectivity index (χ4n) is 3.80. The van der Waals surface area contributed by atoms with Gasteiger partial charge in [0.2, 0.25) is 5.89 Å². The molecule has 0 atom stereocenters. The molecule has 1 heterocycles. The van der Waals surface area contributed by atoms with E-state index in [1.54, 1.807) is 0 Å². The van der Waals surface area contributed by atoms with Gasteiger partial charge in [0.1, 0.15) is 5.76 Å². The number of guanidine groups is 1. The van der Waals surface area contributed by atoms with Crippen molar-refractivity contribution in [2.75, 3.05) is 18.5 Å². The molecule has 1 fully saturated rings. The Morgan fingerprint density at radius 1 is 1.13 bits per heavy atom. The Labute approximate surface area is 198 Å². The van der Waals surface area contributed by atoms with Crippen molar-refractivity contribution in [3.8, 4) is 0 Å². The number of benzene rings is 1. The molecule has 7 heteroatoms. The average Bonchev–Trinajstić information content (AvgIpc) is 3.08. The lowest BCUT2D eigenvalue weighted by molar-refractivity contribution is 0.427. The van der Waals surface area contributed by atoms with Gasteiger partial charge in [-0.3, -0.25) is 0 Å². The molecule has 0 radical (unpaired) electrons. The average molecular weight is 525 g/mol. The van der Waals surface area contributed by atoms with Crippen molar-refractivity contribution in [1.82, 2.24) is 15.6 Å². The molecule has 1 aliphatic rings. The molecule has 1 aromatic carbocycles. The smallest absolute Gasteiger partial charge is 0.214 e. The van der Waals surface area contributed by atoms with Crippen LogP contribution in [-0.2, 0) is 13.1 Å². The number of halogens is 1. The number of oxazole rings is 1. The lowest BCUT2D eigenvalue weighted by Crippen LogP contribution is -2.36. The second-order valence-electron chi connectivity index (χ2n) is 7.87. The second-order valence-corrected chi connectivity index (χ2v) is 7.87. The summed E-state index contributed by atoms with van der Waals surface area (Å²) >= 11 is 0. The minimum atomic E-state index is 0. The van der Waals surface area contributed by atoms with Crippen LogP contribution in [0.3, 0.4) is 0 Å². The quantitative estimate of drug-likeness (QED) is 0.305. The number of aliphatic imine (C=N–C) groups is 1. The maximum atomic E-state index is 5.63. The van der Waals surface area contributed by atoms with Crippen LogP contribution in [0.15, 0.2) is 33.7 Å². The lowest BCUT2D eigenvalue weighted by atomic mass is 9.94. The standard InChI is InChI=1S/C23H35N5O.HI/c1-5-24-23(26-16-22-27-17(2)18(3)29-22)25-15-19-11-13-21(14-12-19)28(4)20-9-7-6-8-10-20;/h11-14,20H,5-10,15-16H2,1-4H3,(H2,24,25,26);1H. The highest BCUT2D eigenvalue weighted by molar-refractivity contribution is 14.0. The molecule has 3 rings (SSSR count). The van der Waals surface area contributed by atoms with Gasteiger partial charge in [-0.1, -0.05) is 31.4 Å². The summed E-state index contributed by atoms with van der Waals surface area (Å²) in [5.41, 5.74) is 3.43. The van der Waals surface area contributed by atoms with E-state index in [0.717, 1.165) is 24.0 Å². The van der Waals surface area contributed by atoms with E-state index in [1.165, 1.54) is 43.4 Å². The van der Waals surface area contributed by atoms with E-state index in [4.69, 9.17) is 9.41 Å². The highest BCUT2D eigenvalue weighted by Gasteiger charge is 2.18. The molecule has 166 valence electrons. The van der Waals surface area contributed by atoms with Crippen molar-refractivity contribution < 1.29 is 4.42 Å². The van der Waals surface area contributed by atoms with Gasteiger partial charge in [0, 0.05) is 25.3 Å². The Morgan fingerprint density at radius 2 is 1.83 bits per heavy atom. The van der Waals surface area contributed by atoms with E-state index in [-0.39, 0.29) is 24.0 Å². The molecule has 0 bridgehead atoms. The van der Waals surface area contributed by atoms with E-state index in [9.17, 15) is 0 Å². The molecular weight excluding hydrogens is 489 g/mol. The van der Waals surface area contributed by atoms with E-state index in [2.05, 4.69) is 58.8 Å². The number of hydrogen-bond donors (Lipinski definition) is 2. The first-order valence-electron chi connectivity index (χ1n) is 10.8. The number of nitrogens with zero attached hydrogens (tertiary/aromatic N) is 3. The first-order valence-corrected chi connectivity index (χ1v) is 10.8. The van der Waals surface area contributed by atoms with E-state index >= 15 is 0 Å². The van der Waals surface area contributed by atoms with Gasteiger partial charge in [-0.2, -0.15) is 0 Å². The van der Waals surface area contributed by atoms with Crippen molar-refractivity contribution in [3.63, 3.8) is 0 Å². The number of aromatic nitrogens is 1. The van der Waals surface area contributed by atoms with Crippen LogP contribution in [0.1, 0.15) is 61.9 Å². The predicted octanol–water partition coefficient (Wildman–Crippen LogP) is 4.93. The van der Waals surface area contributed by atoms with Crippen LogP contribution in [0.4, 0.5) is 5.69 Å². The number of aryl methyl sites for hydroxylation is 2. The minimum Gasteiger partial charge on any atom is -0.444 e. The Morgan fingerprint density at radius 3 is 2.43 bits per heavy atom. The van der Waals surface area contributed by atoms with E-state index < -0.39 is 0 Å². The first-order chi connectivity index (χ1) is 14.1. The fourth-order valence-corrected chi connectivity index (χ4v) is 3.80. The maximum absolute atomic E-state index is 5.63. The van der Waals surface area contributed by atoms with Crippen LogP contribution in [0.5, 0.6) is 0 Å². The molecular formula is C23H36IN5O. The third-order valence-corrected chi connectivity index (χ3v) is 5.71. The molecule has 2 aromatic rings. The number of anilines is 1. The van der Waals surface area contributed by atoms with Crippen LogP contribution in [-0.4, -0.2) is 30.6 Å². The van der Waals surface area contributed by atoms with Crippen LogP contribution in [0, 0.1) is 13.8 Å². The van der Waals surface area contributed by atoms with Gasteiger partial charge in [0.25, 0.3) is 0 Å². The van der Waals surface area contributed by atoms with Crippen LogP contribution < -0.4 is 15.5 Å². The number of hydrogen-bond acceptors (Lipinski definition) is 4. The molecule has 1 aliphatic carbocycles. The molecule has 0 aliphatic heterocycles. The van der Waals surface area contributed by atoms with Crippen LogP contribution in [0.25, 0.3) is 0 Å². The Balaban J connectivity index is 0.00000320. The first kappa shape index (κ1) is 24.5. The predicted molar refractivity (Wildman–Crippen MR) is 135 cm³/mol. The van der Waals surface area contributed by atoms with E-state index in [1.807, 2.05) is 13.8 Å². The Hall–Kier alpha value is -1.77. The molecule has 30 heavy (non-hydrogen) atoms. The van der Waals surface area contributed by atoms with E-state index in [0.29, 0.717) is 25.0 Å². The molecule has 2 N–H and O–H groups in total. The summed E-state index contributed by atoms with van der Waals surface area (Å²) in [5.74, 6) is 2.31. The van der Waals surface area contributed by atoms with Gasteiger partial charge in [-0.05, 0) is 51.3 Å². The molecule has 1 aromatic heterocycles. The second kappa shape index (κ2) is 12.2. The lowest BCUT2D eigenvalue weighted by Gasteiger charge is -2.33. The molecule has 0 amide bonds. The zero-order valence-electron chi connectivity index (χ0n) is 18.7. The highest BCUT2D eigenvalue weighted by atomic mass is 127. The number of nitrogens with one attached hydrogen (secondary N) is 2. The summed E-state index contributed by atoms with van der Waals surface area (Å²) < 4.78 is 5.63. The summed E-state index contributed by atoms with van der Waals surface area (Å²) in [5, 5.41) is 6.57. The van der Waals surface area contributed by atoms with Gasteiger partial charge in [0.15, 0.2) is 5.96 Å². The molecule has 0 saturated heterocycles. The summed E-state index contributed by atoms with van der Waals surface area (Å²) in [4.78, 5) is 11.6. The summed E-state index contributed by atoms with van der Waals surface area (Å²) in [7, 11) is 2.22. The minimum absolute atomic E-state index is 0. The summed E-state index contributed by atoms with van der Waals surface area (Å²) in [6.07, 6.45) is 6.72. The van der Waals surface area contributed by atoms with Crippen molar-refractivity contribution in [1.29, 1.82) is 0 Å².